The van der Waals surface area contributed by atoms with Gasteiger partial charge in [-0.05, 0) is 85.2 Å². The number of nitrogens with two attached hydrogens (primary N) is 1. The van der Waals surface area contributed by atoms with Gasteiger partial charge in [-0.15, -0.1) is 0 Å². The second kappa shape index (κ2) is 23.2. The number of carbonyl (C=O) groups is 4. The number of nitro groups is 2. The number of carboxylic acid groups (broad SMARTS) is 1. The molecule has 276 valence electrons. The maximum Gasteiger partial charge on any atom is 0.407 e. The number of hydrogen-bond donors (Lipinski definition) is 5. The normalized spacial score (nSPS) is 9.94. The minimum absolute atomic E-state index is 0.0347. The highest BCUT2D eigenvalue weighted by Gasteiger charge is 2.16. The summed E-state index contributed by atoms with van der Waals surface area (Å²) >= 11 is 0. The quantitative estimate of drug-likeness (QED) is 0.107. The molecule has 17 nitrogen and oxygen atoms in total. The van der Waals surface area contributed by atoms with E-state index in [1.165, 1.54) is 48.5 Å². The van der Waals surface area contributed by atoms with Crippen LogP contribution >= 0.6 is 0 Å². The molecule has 2 rings (SSSR count). The van der Waals surface area contributed by atoms with Crippen molar-refractivity contribution in [3.05, 3.63) is 79.9 Å². The van der Waals surface area contributed by atoms with Crippen LogP contribution in [0.5, 0.6) is 0 Å². The van der Waals surface area contributed by atoms with Crippen LogP contribution in [0.1, 0.15) is 65.5 Å². The number of amides is 3. The van der Waals surface area contributed by atoms with Gasteiger partial charge in [-0.25, -0.2) is 14.4 Å². The molecule has 0 bridgehead atoms. The Bertz CT molecular complexity index is 1590. The Morgan fingerprint density at radius 1 is 0.686 bits per heavy atom. The molecule has 0 atom stereocenters. The smallest absolute Gasteiger partial charge is 0.407 e. The van der Waals surface area contributed by atoms with Gasteiger partial charge in [-0.2, -0.15) is 0 Å². The van der Waals surface area contributed by atoms with Crippen LogP contribution in [0.4, 0.5) is 21.0 Å². The Morgan fingerprint density at radius 3 is 1.41 bits per heavy atom. The summed E-state index contributed by atoms with van der Waals surface area (Å²) in [6.45, 7) is 12.7. The van der Waals surface area contributed by atoms with Crippen LogP contribution in [0.15, 0.2) is 48.5 Å². The van der Waals surface area contributed by atoms with Crippen LogP contribution in [0.3, 0.4) is 0 Å². The van der Waals surface area contributed by atoms with Crippen LogP contribution in [0.2, 0.25) is 0 Å². The summed E-state index contributed by atoms with van der Waals surface area (Å²) in [6, 6.07) is 10.9. The number of non-ortho nitro benzene ring substituents is 2. The fraction of sp³-hybridized carbons (Fsp3) is 0.412. The monoisotopic (exact) mass is 712 g/mol. The third-order valence-electron chi connectivity index (χ3n) is 5.15. The van der Waals surface area contributed by atoms with Crippen LogP contribution < -0.4 is 21.7 Å². The van der Waals surface area contributed by atoms with Gasteiger partial charge < -0.3 is 36.3 Å². The lowest BCUT2D eigenvalue weighted by Gasteiger charge is -2.19. The fourth-order valence-corrected chi connectivity index (χ4v) is 3.03. The molecule has 0 aromatic heterocycles. The van der Waals surface area contributed by atoms with Gasteiger partial charge >= 0.3 is 18.2 Å². The van der Waals surface area contributed by atoms with Gasteiger partial charge in [0.15, 0.2) is 0 Å². The minimum Gasteiger partial charge on any atom is -0.472 e. The third-order valence-corrected chi connectivity index (χ3v) is 5.15. The van der Waals surface area contributed by atoms with Gasteiger partial charge in [0.05, 0.1) is 9.85 Å². The predicted octanol–water partition coefficient (Wildman–Crippen LogP) is 3.87. The molecule has 0 saturated heterocycles. The SMILES string of the molecule is CC(C)(C)OC(=O)NCCCN.CC(C)(C)OC(=O)NCCCNC(=O)C#Cc1ccc([N+](=O)[O-])cc1.O=C(O)C#Cc1ccc([N+](=O)[O-])cc1. The van der Waals surface area contributed by atoms with Gasteiger partial charge in [-0.3, -0.25) is 25.0 Å². The Kier molecular flexibility index (Phi) is 20.4. The summed E-state index contributed by atoms with van der Waals surface area (Å²) in [5.74, 6) is 7.57. The number of carbonyl (C=O) groups excluding carboxylic acids is 3. The summed E-state index contributed by atoms with van der Waals surface area (Å²) in [7, 11) is 0. The van der Waals surface area contributed by atoms with E-state index in [1.54, 1.807) is 20.8 Å². The first-order valence-electron chi connectivity index (χ1n) is 15.4. The van der Waals surface area contributed by atoms with Crippen molar-refractivity contribution in [1.29, 1.82) is 0 Å². The number of carboxylic acids is 1. The number of nitrogens with one attached hydrogen (secondary N) is 3. The van der Waals surface area contributed by atoms with Crippen LogP contribution in [-0.2, 0) is 19.1 Å². The minimum atomic E-state index is -1.23. The number of hydrogen-bond acceptors (Lipinski definition) is 11. The molecule has 0 aliphatic carbocycles. The van der Waals surface area contributed by atoms with Crippen molar-refractivity contribution < 1.29 is 43.6 Å². The molecule has 0 aliphatic rings. The molecule has 2 aromatic carbocycles. The van der Waals surface area contributed by atoms with Crippen molar-refractivity contribution in [2.75, 3.05) is 26.2 Å². The lowest BCUT2D eigenvalue weighted by atomic mass is 10.2. The average Bonchev–Trinajstić information content (AvgIpc) is 3.02. The van der Waals surface area contributed by atoms with Crippen molar-refractivity contribution in [2.24, 2.45) is 5.73 Å². The van der Waals surface area contributed by atoms with Crippen LogP contribution in [0, 0.1) is 43.9 Å². The van der Waals surface area contributed by atoms with Crippen molar-refractivity contribution in [1.82, 2.24) is 16.0 Å². The van der Waals surface area contributed by atoms with Gasteiger partial charge in [0.1, 0.15) is 11.2 Å². The first-order valence-corrected chi connectivity index (χ1v) is 15.4. The maximum atomic E-state index is 11.6. The van der Waals surface area contributed by atoms with E-state index in [0.717, 1.165) is 6.42 Å². The van der Waals surface area contributed by atoms with E-state index in [-0.39, 0.29) is 17.5 Å². The molecule has 0 radical (unpaired) electrons. The highest BCUT2D eigenvalue weighted by Crippen LogP contribution is 2.12. The van der Waals surface area contributed by atoms with Crippen molar-refractivity contribution in [2.45, 2.75) is 65.6 Å². The number of nitro benzene ring substituents is 2. The topological polar surface area (TPSA) is 255 Å². The standard InChI is InChI=1S/C17H21N3O5.C9H5NO4.C8H18N2O2/c1-17(2,3)25-16(22)19-12-4-11-18-15(21)10-7-13-5-8-14(9-6-13)20(23)24;11-9(12)6-3-7-1-4-8(5-2-7)10(13)14;1-8(2,3)12-7(11)10-6-4-5-9/h5-6,8-9H,4,11-12H2,1-3H3,(H,18,21)(H,19,22);1-2,4-5H,(H,11,12);4-6,9H2,1-3H3,(H,10,11). The molecule has 2 aromatic rings. The molecule has 17 heteroatoms. The first-order chi connectivity index (χ1) is 23.7. The highest BCUT2D eigenvalue weighted by molar-refractivity contribution is 5.94. The molecule has 0 fully saturated rings. The van der Waals surface area contributed by atoms with Gasteiger partial charge in [0, 0.05) is 66.9 Å². The molecule has 0 unspecified atom stereocenters. The highest BCUT2D eigenvalue weighted by atomic mass is 16.6. The van der Waals surface area contributed by atoms with Crippen molar-refractivity contribution >= 4 is 35.4 Å². The van der Waals surface area contributed by atoms with Gasteiger partial charge in [-0.1, -0.05) is 11.8 Å². The molecule has 6 N–H and O–H groups in total. The summed E-state index contributed by atoms with van der Waals surface area (Å²) in [4.78, 5) is 63.7. The largest absolute Gasteiger partial charge is 0.472 e. The number of ether oxygens (including phenoxy) is 2. The Morgan fingerprint density at radius 2 is 1.06 bits per heavy atom. The fourth-order valence-electron chi connectivity index (χ4n) is 3.03. The summed E-state index contributed by atoms with van der Waals surface area (Å²) in [5, 5.41) is 36.8. The summed E-state index contributed by atoms with van der Waals surface area (Å²) in [5.41, 5.74) is 5.13. The summed E-state index contributed by atoms with van der Waals surface area (Å²) < 4.78 is 10.1. The number of aliphatic carboxylic acids is 1. The van der Waals surface area contributed by atoms with E-state index in [0.29, 0.717) is 43.7 Å². The van der Waals surface area contributed by atoms with E-state index >= 15 is 0 Å². The van der Waals surface area contributed by atoms with Crippen molar-refractivity contribution in [3.8, 4) is 23.7 Å². The van der Waals surface area contributed by atoms with Crippen molar-refractivity contribution in [3.63, 3.8) is 0 Å². The van der Waals surface area contributed by atoms with Gasteiger partial charge in [0.25, 0.3) is 17.3 Å². The molecular weight excluding hydrogens is 668 g/mol. The Labute approximate surface area is 295 Å². The number of rotatable bonds is 9. The number of alkyl carbamates (subject to hydrolysis) is 2. The number of nitrogens with zero attached hydrogens (tertiary/aromatic N) is 2. The van der Waals surface area contributed by atoms with E-state index in [1.807, 2.05) is 26.7 Å². The zero-order valence-corrected chi connectivity index (χ0v) is 29.4. The van der Waals surface area contributed by atoms with E-state index in [9.17, 15) is 39.4 Å². The lowest BCUT2D eigenvalue weighted by Crippen LogP contribution is -2.34. The maximum absolute atomic E-state index is 11.6. The molecule has 0 saturated carbocycles. The molecule has 0 heterocycles. The van der Waals surface area contributed by atoms with Gasteiger partial charge in [0.2, 0.25) is 0 Å². The van der Waals surface area contributed by atoms with E-state index in [2.05, 4.69) is 33.7 Å². The molecule has 3 amide bonds. The Balaban J connectivity index is 0.000000811. The third kappa shape index (κ3) is 25.5. The zero-order chi connectivity index (χ0) is 39.0. The van der Waals surface area contributed by atoms with E-state index < -0.39 is 39.0 Å². The second-order valence-corrected chi connectivity index (χ2v) is 12.0. The second-order valence-electron chi connectivity index (χ2n) is 12.0. The molecular formula is C34H44N6O11. The zero-order valence-electron chi connectivity index (χ0n) is 29.4. The molecule has 0 aliphatic heterocycles. The summed E-state index contributed by atoms with van der Waals surface area (Å²) in [6.07, 6.45) is 0.427. The lowest BCUT2D eigenvalue weighted by molar-refractivity contribution is -0.385. The number of benzene rings is 2. The average molecular weight is 713 g/mol. The molecule has 0 spiro atoms. The Hall–Kier alpha value is -6.20. The predicted molar refractivity (Wildman–Crippen MR) is 187 cm³/mol. The van der Waals surface area contributed by atoms with Crippen LogP contribution in [-0.4, -0.2) is 76.4 Å². The van der Waals surface area contributed by atoms with Crippen LogP contribution in [0.25, 0.3) is 0 Å². The first kappa shape index (κ1) is 44.8. The van der Waals surface area contributed by atoms with E-state index in [4.69, 9.17) is 20.3 Å². The molecule has 51 heavy (non-hydrogen) atoms.